The molecule has 6 atom stereocenters. The number of allylic oxidation sites excluding steroid dienone is 2. The van der Waals surface area contributed by atoms with Gasteiger partial charge >= 0.3 is 0 Å². The van der Waals surface area contributed by atoms with E-state index >= 15 is 0 Å². The second-order valence-electron chi connectivity index (χ2n) is 10.1. The normalized spacial score (nSPS) is 45.8. The molecule has 4 aliphatic rings. The van der Waals surface area contributed by atoms with Crippen LogP contribution < -0.4 is 0 Å². The average molecular weight is 344 g/mol. The Hall–Kier alpha value is -0.790. The number of fused-ring (bicyclic) bond motifs is 5. The van der Waals surface area contributed by atoms with Crippen LogP contribution in [0.4, 0.5) is 0 Å². The van der Waals surface area contributed by atoms with Crippen molar-refractivity contribution in [1.29, 1.82) is 0 Å². The number of hydrogen-bond donors (Lipinski definition) is 0. The minimum Gasteiger partial charge on any atom is -0.317 e. The van der Waals surface area contributed by atoms with Gasteiger partial charge in [-0.25, -0.2) is 0 Å². The summed E-state index contributed by atoms with van der Waals surface area (Å²) in [6.45, 7) is 9.84. The lowest BCUT2D eigenvalue weighted by atomic mass is 9.46. The van der Waals surface area contributed by atoms with Gasteiger partial charge in [0.05, 0.1) is 0 Å². The number of carbonyl (C=O) groups is 1. The van der Waals surface area contributed by atoms with Crippen LogP contribution in [0.25, 0.3) is 0 Å². The molecule has 0 aliphatic heterocycles. The maximum absolute atomic E-state index is 12.0. The molecule has 0 spiro atoms. The third kappa shape index (κ3) is 2.61. The van der Waals surface area contributed by atoms with Crippen molar-refractivity contribution in [3.8, 4) is 0 Å². The highest BCUT2D eigenvalue weighted by Gasteiger charge is 2.57. The molecule has 0 heterocycles. The smallest absolute Gasteiger partial charge is 0.223 e. The predicted molar refractivity (Wildman–Crippen MR) is 103 cm³/mol. The molecule has 2 heteroatoms. The molecule has 25 heavy (non-hydrogen) atoms. The zero-order chi connectivity index (χ0) is 17.8. The summed E-state index contributed by atoms with van der Waals surface area (Å²) in [5.74, 6) is 3.90. The van der Waals surface area contributed by atoms with E-state index in [-0.39, 0.29) is 5.91 Å². The van der Waals surface area contributed by atoms with Crippen molar-refractivity contribution in [1.82, 2.24) is 4.90 Å². The van der Waals surface area contributed by atoms with Crippen molar-refractivity contribution in [2.24, 2.45) is 34.5 Å². The van der Waals surface area contributed by atoms with E-state index in [0.29, 0.717) is 10.8 Å². The van der Waals surface area contributed by atoms with Crippen molar-refractivity contribution in [2.45, 2.75) is 85.5 Å². The lowest BCUT2D eigenvalue weighted by Gasteiger charge is -2.59. The number of nitrogens with zero attached hydrogens (tertiary/aromatic N) is 1. The molecule has 0 aromatic carbocycles. The van der Waals surface area contributed by atoms with E-state index in [1.54, 1.807) is 6.92 Å². The lowest BCUT2D eigenvalue weighted by Crippen LogP contribution is -2.52. The fraction of sp³-hybridized carbons (Fsp3) is 0.870. The van der Waals surface area contributed by atoms with Gasteiger partial charge in [-0.15, -0.1) is 0 Å². The van der Waals surface area contributed by atoms with E-state index in [1.807, 2.05) is 4.90 Å². The summed E-state index contributed by atoms with van der Waals surface area (Å²) in [7, 11) is 0. The minimum atomic E-state index is 0.213. The van der Waals surface area contributed by atoms with Crippen LogP contribution in [-0.4, -0.2) is 17.4 Å². The van der Waals surface area contributed by atoms with Gasteiger partial charge in [-0.2, -0.15) is 0 Å². The van der Waals surface area contributed by atoms with Crippen LogP contribution in [-0.2, 0) is 4.79 Å². The monoisotopic (exact) mass is 343 g/mol. The van der Waals surface area contributed by atoms with E-state index in [9.17, 15) is 4.79 Å². The topological polar surface area (TPSA) is 20.3 Å². The van der Waals surface area contributed by atoms with Crippen LogP contribution in [0, 0.1) is 34.5 Å². The van der Waals surface area contributed by atoms with Gasteiger partial charge in [0.25, 0.3) is 0 Å². The summed E-state index contributed by atoms with van der Waals surface area (Å²) < 4.78 is 0. The van der Waals surface area contributed by atoms with Gasteiger partial charge in [0, 0.05) is 19.2 Å². The highest BCUT2D eigenvalue weighted by atomic mass is 16.2. The quantitative estimate of drug-likeness (QED) is 0.622. The summed E-state index contributed by atoms with van der Waals surface area (Å²) >= 11 is 0. The summed E-state index contributed by atoms with van der Waals surface area (Å²) in [4.78, 5) is 14.0. The molecule has 3 fully saturated rings. The molecule has 0 bridgehead atoms. The highest BCUT2D eigenvalue weighted by molar-refractivity contribution is 5.75. The number of carbonyl (C=O) groups excluding carboxylic acids is 1. The second-order valence-corrected chi connectivity index (χ2v) is 10.1. The van der Waals surface area contributed by atoms with E-state index in [2.05, 4.69) is 26.8 Å². The van der Waals surface area contributed by atoms with Gasteiger partial charge in [-0.3, -0.25) is 4.79 Å². The van der Waals surface area contributed by atoms with Crippen LogP contribution in [0.2, 0.25) is 0 Å². The van der Waals surface area contributed by atoms with Gasteiger partial charge in [0.2, 0.25) is 5.91 Å². The Morgan fingerprint density at radius 2 is 1.96 bits per heavy atom. The molecule has 0 aromatic rings. The summed E-state index contributed by atoms with van der Waals surface area (Å²) in [6, 6.07) is 0. The Morgan fingerprint density at radius 3 is 2.68 bits per heavy atom. The summed E-state index contributed by atoms with van der Waals surface area (Å²) in [5.41, 5.74) is 2.46. The molecule has 140 valence electrons. The standard InChI is InChI=1S/C23H37NO/c1-5-24(16(2)25)18-10-14-23(4)17(15-18)8-9-19-20-7-6-12-22(20,3)13-11-21(19)23/h10,17,19-21H,5-9,11-15H2,1-4H3/t17-,19-,20-,21-,22-,23-/m0/s1. The summed E-state index contributed by atoms with van der Waals surface area (Å²) in [6.07, 6.45) is 15.0. The fourth-order valence-electron chi connectivity index (χ4n) is 7.70. The Balaban J connectivity index is 1.59. The first-order chi connectivity index (χ1) is 11.9. The molecule has 0 radical (unpaired) electrons. The Kier molecular flexibility index (Phi) is 4.32. The molecule has 0 unspecified atom stereocenters. The van der Waals surface area contributed by atoms with Crippen molar-refractivity contribution in [2.75, 3.05) is 6.54 Å². The maximum Gasteiger partial charge on any atom is 0.223 e. The van der Waals surface area contributed by atoms with Crippen molar-refractivity contribution in [3.63, 3.8) is 0 Å². The van der Waals surface area contributed by atoms with Gasteiger partial charge in [0.1, 0.15) is 0 Å². The van der Waals surface area contributed by atoms with E-state index in [1.165, 1.54) is 57.1 Å². The van der Waals surface area contributed by atoms with Crippen LogP contribution in [0.5, 0.6) is 0 Å². The molecular formula is C23H37NO. The number of amides is 1. The van der Waals surface area contributed by atoms with Gasteiger partial charge in [-0.1, -0.05) is 26.3 Å². The van der Waals surface area contributed by atoms with Gasteiger partial charge in [0.15, 0.2) is 0 Å². The first-order valence-corrected chi connectivity index (χ1v) is 10.9. The Morgan fingerprint density at radius 1 is 1.16 bits per heavy atom. The van der Waals surface area contributed by atoms with E-state index < -0.39 is 0 Å². The first kappa shape index (κ1) is 17.6. The molecule has 3 saturated carbocycles. The summed E-state index contributed by atoms with van der Waals surface area (Å²) in [5, 5.41) is 0. The van der Waals surface area contributed by atoms with E-state index in [4.69, 9.17) is 0 Å². The molecule has 0 saturated heterocycles. The highest BCUT2D eigenvalue weighted by Crippen LogP contribution is 2.66. The third-order valence-corrected chi connectivity index (χ3v) is 9.12. The van der Waals surface area contributed by atoms with Crippen molar-refractivity contribution < 1.29 is 4.79 Å². The Labute approximate surface area is 154 Å². The van der Waals surface area contributed by atoms with Crippen LogP contribution in [0.3, 0.4) is 0 Å². The van der Waals surface area contributed by atoms with Gasteiger partial charge < -0.3 is 4.90 Å². The van der Waals surface area contributed by atoms with Gasteiger partial charge in [-0.05, 0) is 92.8 Å². The fourth-order valence-corrected chi connectivity index (χ4v) is 7.70. The van der Waals surface area contributed by atoms with E-state index in [0.717, 1.165) is 36.6 Å². The Bertz CT molecular complexity index is 581. The second kappa shape index (κ2) is 6.13. The zero-order valence-electron chi connectivity index (χ0n) is 16.8. The van der Waals surface area contributed by atoms with Crippen molar-refractivity contribution >= 4 is 5.91 Å². The molecule has 0 aromatic heterocycles. The van der Waals surface area contributed by atoms with Crippen molar-refractivity contribution in [3.05, 3.63) is 11.8 Å². The van der Waals surface area contributed by atoms with Crippen LogP contribution >= 0.6 is 0 Å². The molecule has 4 rings (SSSR count). The minimum absolute atomic E-state index is 0.213. The molecular weight excluding hydrogens is 306 g/mol. The third-order valence-electron chi connectivity index (χ3n) is 9.12. The lowest BCUT2D eigenvalue weighted by molar-refractivity contribution is -0.128. The SMILES string of the molecule is CCN(C(C)=O)C1=CC[C@@]2(C)[C@@H](CC[C@H]3[C@@H]4CCC[C@@]4(C)CC[C@@H]32)C1. The number of rotatable bonds is 2. The first-order valence-electron chi connectivity index (χ1n) is 10.9. The molecule has 2 nitrogen and oxygen atoms in total. The molecule has 4 aliphatic carbocycles. The maximum atomic E-state index is 12.0. The largest absolute Gasteiger partial charge is 0.317 e. The average Bonchev–Trinajstić information content (AvgIpc) is 2.97. The zero-order valence-corrected chi connectivity index (χ0v) is 16.8. The van der Waals surface area contributed by atoms with Crippen LogP contribution in [0.1, 0.15) is 85.5 Å². The number of hydrogen-bond acceptors (Lipinski definition) is 1. The van der Waals surface area contributed by atoms with Crippen LogP contribution in [0.15, 0.2) is 11.8 Å². The predicted octanol–water partition coefficient (Wildman–Crippen LogP) is 5.78. The molecule has 0 N–H and O–H groups in total. The molecule has 1 amide bonds.